The number of anilines is 1. The molecule has 1 heterocycles. The highest BCUT2D eigenvalue weighted by Crippen LogP contribution is 2.39. The van der Waals surface area contributed by atoms with Gasteiger partial charge in [0.1, 0.15) is 5.00 Å². The zero-order valence-corrected chi connectivity index (χ0v) is 13.4. The van der Waals surface area contributed by atoms with Gasteiger partial charge in [-0.3, -0.25) is 4.72 Å². The Kier molecular flexibility index (Phi) is 3.96. The first-order chi connectivity index (χ1) is 9.99. The van der Waals surface area contributed by atoms with E-state index in [-0.39, 0.29) is 10.8 Å². The van der Waals surface area contributed by atoms with Crippen LogP contribution in [0, 0.1) is 0 Å². The lowest BCUT2D eigenvalue weighted by Crippen LogP contribution is -2.25. The summed E-state index contributed by atoms with van der Waals surface area (Å²) in [5.74, 6) is -1.03. The van der Waals surface area contributed by atoms with Crippen molar-refractivity contribution in [1.29, 1.82) is 0 Å². The SMILES string of the molecule is O=C(O)c1c(NS(=O)(=O)C2CCCC2)sc2c1CCCC2. The first kappa shape index (κ1) is 14.8. The number of nitrogens with one attached hydrogen (secondary N) is 1. The Morgan fingerprint density at radius 2 is 1.81 bits per heavy atom. The van der Waals surface area contributed by atoms with Crippen LogP contribution in [0.2, 0.25) is 0 Å². The van der Waals surface area contributed by atoms with E-state index in [9.17, 15) is 18.3 Å². The molecule has 1 aromatic heterocycles. The van der Waals surface area contributed by atoms with E-state index in [1.165, 1.54) is 11.3 Å². The van der Waals surface area contributed by atoms with E-state index in [0.717, 1.165) is 49.0 Å². The molecular weight excluding hydrogens is 310 g/mol. The second-order valence-electron chi connectivity index (χ2n) is 5.77. The molecule has 0 amide bonds. The Labute approximate surface area is 128 Å². The number of hydrogen-bond acceptors (Lipinski definition) is 4. The number of sulfonamides is 1. The van der Waals surface area contributed by atoms with Gasteiger partial charge >= 0.3 is 5.97 Å². The van der Waals surface area contributed by atoms with Crippen molar-refractivity contribution < 1.29 is 18.3 Å². The molecule has 21 heavy (non-hydrogen) atoms. The fourth-order valence-corrected chi connectivity index (χ4v) is 6.40. The zero-order valence-electron chi connectivity index (χ0n) is 11.7. The fraction of sp³-hybridized carbons (Fsp3) is 0.643. The Balaban J connectivity index is 1.95. The molecule has 116 valence electrons. The second kappa shape index (κ2) is 5.61. The predicted octanol–water partition coefficient (Wildman–Crippen LogP) is 3.01. The Hall–Kier alpha value is -1.08. The molecule has 0 spiro atoms. The summed E-state index contributed by atoms with van der Waals surface area (Å²) in [6.07, 6.45) is 6.80. The predicted molar refractivity (Wildman–Crippen MR) is 82.7 cm³/mol. The van der Waals surface area contributed by atoms with Crippen LogP contribution < -0.4 is 4.72 Å². The highest BCUT2D eigenvalue weighted by Gasteiger charge is 2.32. The Morgan fingerprint density at radius 3 is 2.48 bits per heavy atom. The first-order valence-electron chi connectivity index (χ1n) is 7.38. The van der Waals surface area contributed by atoms with Gasteiger partial charge in [0, 0.05) is 4.88 Å². The average Bonchev–Trinajstić information content (AvgIpc) is 3.05. The van der Waals surface area contributed by atoms with Crippen LogP contribution in [0.15, 0.2) is 0 Å². The summed E-state index contributed by atoms with van der Waals surface area (Å²) < 4.78 is 27.4. The van der Waals surface area contributed by atoms with E-state index in [1.54, 1.807) is 0 Å². The molecule has 5 nitrogen and oxygen atoms in total. The molecule has 1 aromatic rings. The molecular formula is C14H19NO4S2. The largest absolute Gasteiger partial charge is 0.478 e. The third-order valence-corrected chi connectivity index (χ3v) is 7.54. The maximum absolute atomic E-state index is 12.4. The number of aromatic carboxylic acids is 1. The lowest BCUT2D eigenvalue weighted by molar-refractivity contribution is 0.0697. The Morgan fingerprint density at radius 1 is 1.14 bits per heavy atom. The van der Waals surface area contributed by atoms with Gasteiger partial charge in [0.25, 0.3) is 0 Å². The van der Waals surface area contributed by atoms with Crippen LogP contribution in [0.1, 0.15) is 59.3 Å². The molecule has 2 N–H and O–H groups in total. The first-order valence-corrected chi connectivity index (χ1v) is 9.75. The molecule has 0 bridgehead atoms. The molecule has 2 aliphatic rings. The quantitative estimate of drug-likeness (QED) is 0.889. The smallest absolute Gasteiger partial charge is 0.339 e. The van der Waals surface area contributed by atoms with Gasteiger partial charge in [0.2, 0.25) is 10.0 Å². The van der Waals surface area contributed by atoms with E-state index in [4.69, 9.17) is 0 Å². The summed E-state index contributed by atoms with van der Waals surface area (Å²) >= 11 is 1.30. The standard InChI is InChI=1S/C14H19NO4S2/c16-14(17)12-10-7-3-4-8-11(10)20-13(12)15-21(18,19)9-5-1-2-6-9/h9,15H,1-8H2,(H,16,17). The number of thiophene rings is 1. The summed E-state index contributed by atoms with van der Waals surface area (Å²) in [4.78, 5) is 12.6. The van der Waals surface area contributed by atoms with Crippen molar-refractivity contribution in [3.63, 3.8) is 0 Å². The number of rotatable bonds is 4. The minimum absolute atomic E-state index is 0.177. The van der Waals surface area contributed by atoms with E-state index < -0.39 is 16.0 Å². The fourth-order valence-electron chi connectivity index (χ4n) is 3.28. The molecule has 0 saturated heterocycles. The average molecular weight is 329 g/mol. The third kappa shape index (κ3) is 2.81. The van der Waals surface area contributed by atoms with Gasteiger partial charge in [-0.1, -0.05) is 12.8 Å². The lowest BCUT2D eigenvalue weighted by Gasteiger charge is -2.13. The Bertz CT molecular complexity index is 657. The van der Waals surface area contributed by atoms with Crippen molar-refractivity contribution in [3.8, 4) is 0 Å². The van der Waals surface area contributed by atoms with Crippen LogP contribution in [0.5, 0.6) is 0 Å². The molecule has 0 aromatic carbocycles. The highest BCUT2D eigenvalue weighted by atomic mass is 32.2. The minimum Gasteiger partial charge on any atom is -0.478 e. The molecule has 1 saturated carbocycles. The van der Waals surface area contributed by atoms with E-state index in [1.807, 2.05) is 0 Å². The number of carbonyl (C=O) groups is 1. The second-order valence-corrected chi connectivity index (χ2v) is 8.84. The van der Waals surface area contributed by atoms with Crippen molar-refractivity contribution in [3.05, 3.63) is 16.0 Å². The van der Waals surface area contributed by atoms with Crippen molar-refractivity contribution in [1.82, 2.24) is 0 Å². The third-order valence-electron chi connectivity index (χ3n) is 4.36. The summed E-state index contributed by atoms with van der Waals surface area (Å²) in [5.41, 5.74) is 1.01. The number of carboxylic acid groups (broad SMARTS) is 1. The van der Waals surface area contributed by atoms with E-state index in [2.05, 4.69) is 4.72 Å². The summed E-state index contributed by atoms with van der Waals surface area (Å²) in [6.45, 7) is 0. The lowest BCUT2D eigenvalue weighted by atomic mass is 9.96. The molecule has 7 heteroatoms. The number of carboxylic acids is 1. The van der Waals surface area contributed by atoms with Crippen LogP contribution in [-0.4, -0.2) is 24.7 Å². The van der Waals surface area contributed by atoms with Crippen LogP contribution in [0.3, 0.4) is 0 Å². The molecule has 0 atom stereocenters. The van der Waals surface area contributed by atoms with Crippen molar-refractivity contribution in [2.24, 2.45) is 0 Å². The maximum Gasteiger partial charge on any atom is 0.339 e. The van der Waals surface area contributed by atoms with Crippen LogP contribution in [0.25, 0.3) is 0 Å². The number of aryl methyl sites for hydroxylation is 1. The summed E-state index contributed by atoms with van der Waals surface area (Å²) in [5, 5.41) is 9.37. The van der Waals surface area contributed by atoms with Crippen LogP contribution in [0.4, 0.5) is 5.00 Å². The van der Waals surface area contributed by atoms with Gasteiger partial charge < -0.3 is 5.11 Å². The molecule has 0 unspecified atom stereocenters. The van der Waals surface area contributed by atoms with E-state index >= 15 is 0 Å². The number of hydrogen-bond donors (Lipinski definition) is 2. The van der Waals surface area contributed by atoms with Crippen LogP contribution in [-0.2, 0) is 22.9 Å². The highest BCUT2D eigenvalue weighted by molar-refractivity contribution is 7.93. The normalized spacial score (nSPS) is 19.4. The van der Waals surface area contributed by atoms with Crippen molar-refractivity contribution in [2.75, 3.05) is 4.72 Å². The van der Waals surface area contributed by atoms with Gasteiger partial charge in [0.15, 0.2) is 0 Å². The summed E-state index contributed by atoms with van der Waals surface area (Å²) in [7, 11) is -3.47. The van der Waals surface area contributed by atoms with E-state index in [0.29, 0.717) is 17.8 Å². The maximum atomic E-state index is 12.4. The molecule has 0 aliphatic heterocycles. The summed E-state index contributed by atoms with van der Waals surface area (Å²) in [6, 6.07) is 0. The van der Waals surface area contributed by atoms with Gasteiger partial charge in [-0.2, -0.15) is 0 Å². The van der Waals surface area contributed by atoms with Gasteiger partial charge in [-0.05, 0) is 44.1 Å². The monoisotopic (exact) mass is 329 g/mol. The van der Waals surface area contributed by atoms with Gasteiger partial charge in [-0.25, -0.2) is 13.2 Å². The minimum atomic E-state index is -3.47. The van der Waals surface area contributed by atoms with Crippen molar-refractivity contribution in [2.45, 2.75) is 56.6 Å². The number of fused-ring (bicyclic) bond motifs is 1. The topological polar surface area (TPSA) is 83.5 Å². The molecule has 1 fully saturated rings. The molecule has 0 radical (unpaired) electrons. The van der Waals surface area contributed by atoms with Crippen LogP contribution >= 0.6 is 11.3 Å². The molecule has 2 aliphatic carbocycles. The van der Waals surface area contributed by atoms with Gasteiger partial charge in [-0.15, -0.1) is 11.3 Å². The van der Waals surface area contributed by atoms with Crippen molar-refractivity contribution >= 4 is 32.3 Å². The zero-order chi connectivity index (χ0) is 15.0. The van der Waals surface area contributed by atoms with Gasteiger partial charge in [0.05, 0.1) is 10.8 Å². The molecule has 3 rings (SSSR count).